The maximum Gasteiger partial charge on any atom is 0.231 e. The van der Waals surface area contributed by atoms with Gasteiger partial charge in [0, 0.05) is 24.6 Å². The monoisotopic (exact) mass is 407 g/mol. The van der Waals surface area contributed by atoms with Crippen molar-refractivity contribution in [2.45, 2.75) is 12.3 Å². The Bertz CT molecular complexity index is 753. The second-order valence-electron chi connectivity index (χ2n) is 6.36. The smallest absolute Gasteiger partial charge is 0.231 e. The molecule has 6 heteroatoms. The third kappa shape index (κ3) is 3.60. The molecule has 2 atom stereocenters. The zero-order valence-corrected chi connectivity index (χ0v) is 15.2. The average Bonchev–Trinajstić information content (AvgIpc) is 3.08. The minimum absolute atomic E-state index is 0.199. The Morgan fingerprint density at radius 2 is 1.92 bits per heavy atom. The van der Waals surface area contributed by atoms with Crippen LogP contribution in [0.3, 0.4) is 0 Å². The first kappa shape index (κ1) is 16.7. The van der Waals surface area contributed by atoms with Gasteiger partial charge in [-0.1, -0.05) is 12.1 Å². The number of nitrogens with one attached hydrogen (secondary N) is 1. The summed E-state index contributed by atoms with van der Waals surface area (Å²) in [6.45, 7) is 2.66. The van der Waals surface area contributed by atoms with Gasteiger partial charge in [0.15, 0.2) is 11.5 Å². The molecule has 25 heavy (non-hydrogen) atoms. The van der Waals surface area contributed by atoms with Crippen LogP contribution in [-0.2, 0) is 0 Å². The van der Waals surface area contributed by atoms with Crippen LogP contribution in [0, 0.1) is 11.7 Å². The predicted molar refractivity (Wildman–Crippen MR) is 95.9 cm³/mol. The predicted octanol–water partition coefficient (Wildman–Crippen LogP) is 4.09. The van der Waals surface area contributed by atoms with E-state index in [4.69, 9.17) is 14.2 Å². The number of halogens is 2. The molecule has 1 saturated heterocycles. The second kappa shape index (κ2) is 7.22. The molecule has 0 saturated carbocycles. The fourth-order valence-corrected chi connectivity index (χ4v) is 3.89. The van der Waals surface area contributed by atoms with Gasteiger partial charge in [-0.2, -0.15) is 0 Å². The first-order chi connectivity index (χ1) is 12.2. The van der Waals surface area contributed by atoms with Crippen molar-refractivity contribution in [3.63, 3.8) is 0 Å². The first-order valence-electron chi connectivity index (χ1n) is 8.39. The fourth-order valence-electron chi connectivity index (χ4n) is 3.45. The SMILES string of the molecule is Fc1ccc(C2CCNC[C@H]2COc2cc3c(cc2Br)OCO3)cc1. The summed E-state index contributed by atoms with van der Waals surface area (Å²) in [6, 6.07) is 10.6. The van der Waals surface area contributed by atoms with E-state index < -0.39 is 0 Å². The minimum Gasteiger partial charge on any atom is -0.492 e. The Labute approximate surface area is 154 Å². The van der Waals surface area contributed by atoms with Crippen LogP contribution in [0.4, 0.5) is 4.39 Å². The van der Waals surface area contributed by atoms with Crippen molar-refractivity contribution >= 4 is 15.9 Å². The Morgan fingerprint density at radius 1 is 1.16 bits per heavy atom. The van der Waals surface area contributed by atoms with E-state index in [0.29, 0.717) is 24.2 Å². The summed E-state index contributed by atoms with van der Waals surface area (Å²) in [6.07, 6.45) is 1.02. The van der Waals surface area contributed by atoms with Crippen molar-refractivity contribution in [3.8, 4) is 17.2 Å². The van der Waals surface area contributed by atoms with Gasteiger partial charge in [-0.25, -0.2) is 4.39 Å². The van der Waals surface area contributed by atoms with Crippen LogP contribution in [0.1, 0.15) is 17.9 Å². The van der Waals surface area contributed by atoms with Crippen LogP contribution < -0.4 is 19.5 Å². The maximum atomic E-state index is 13.2. The maximum absolute atomic E-state index is 13.2. The molecule has 2 aromatic carbocycles. The van der Waals surface area contributed by atoms with Gasteiger partial charge in [0.25, 0.3) is 0 Å². The summed E-state index contributed by atoms with van der Waals surface area (Å²) in [5.74, 6) is 2.64. The van der Waals surface area contributed by atoms with E-state index in [-0.39, 0.29) is 12.6 Å². The molecule has 1 N–H and O–H groups in total. The molecule has 0 aromatic heterocycles. The molecule has 1 unspecified atom stereocenters. The fraction of sp³-hybridized carbons (Fsp3) is 0.368. The highest BCUT2D eigenvalue weighted by atomic mass is 79.9. The van der Waals surface area contributed by atoms with Gasteiger partial charge in [0.2, 0.25) is 6.79 Å². The van der Waals surface area contributed by atoms with Gasteiger partial charge in [-0.3, -0.25) is 0 Å². The van der Waals surface area contributed by atoms with Crippen LogP contribution in [-0.4, -0.2) is 26.5 Å². The summed E-state index contributed by atoms with van der Waals surface area (Å²) in [7, 11) is 0. The number of benzene rings is 2. The van der Waals surface area contributed by atoms with Crippen molar-refractivity contribution in [1.29, 1.82) is 0 Å². The lowest BCUT2D eigenvalue weighted by atomic mass is 9.81. The molecule has 4 nitrogen and oxygen atoms in total. The van der Waals surface area contributed by atoms with Gasteiger partial charge in [0.1, 0.15) is 11.6 Å². The molecule has 0 bridgehead atoms. The minimum atomic E-state index is -0.199. The number of ether oxygens (including phenoxy) is 3. The number of rotatable bonds is 4. The zero-order chi connectivity index (χ0) is 17.2. The third-order valence-electron chi connectivity index (χ3n) is 4.79. The van der Waals surface area contributed by atoms with E-state index in [2.05, 4.69) is 21.2 Å². The Balaban J connectivity index is 1.48. The number of hydrogen-bond acceptors (Lipinski definition) is 4. The van der Waals surface area contributed by atoms with Crippen LogP contribution in [0.25, 0.3) is 0 Å². The van der Waals surface area contributed by atoms with Crippen LogP contribution >= 0.6 is 15.9 Å². The van der Waals surface area contributed by atoms with E-state index in [1.165, 1.54) is 17.7 Å². The number of piperidine rings is 1. The molecule has 4 rings (SSSR count). The highest BCUT2D eigenvalue weighted by molar-refractivity contribution is 9.10. The topological polar surface area (TPSA) is 39.7 Å². The van der Waals surface area contributed by atoms with Gasteiger partial charge >= 0.3 is 0 Å². The number of hydrogen-bond donors (Lipinski definition) is 1. The molecule has 2 aliphatic heterocycles. The summed E-state index contributed by atoms with van der Waals surface area (Å²) in [5, 5.41) is 3.43. The van der Waals surface area contributed by atoms with Crippen LogP contribution in [0.2, 0.25) is 0 Å². The van der Waals surface area contributed by atoms with Gasteiger partial charge in [0.05, 0.1) is 11.1 Å². The summed E-state index contributed by atoms with van der Waals surface area (Å²) >= 11 is 3.53. The van der Waals surface area contributed by atoms with Gasteiger partial charge in [-0.15, -0.1) is 0 Å². The summed E-state index contributed by atoms with van der Waals surface area (Å²) < 4.78 is 30.9. The Hall–Kier alpha value is -1.79. The summed E-state index contributed by atoms with van der Waals surface area (Å²) in [5.41, 5.74) is 1.17. The lowest BCUT2D eigenvalue weighted by Gasteiger charge is -2.32. The van der Waals surface area contributed by atoms with Crippen molar-refractivity contribution in [2.24, 2.45) is 5.92 Å². The van der Waals surface area contributed by atoms with Crippen molar-refractivity contribution in [1.82, 2.24) is 5.32 Å². The molecule has 1 fully saturated rings. The van der Waals surface area contributed by atoms with Gasteiger partial charge < -0.3 is 19.5 Å². The molecule has 2 aromatic rings. The highest BCUT2D eigenvalue weighted by Crippen LogP contribution is 2.41. The third-order valence-corrected chi connectivity index (χ3v) is 5.41. The van der Waals surface area contributed by atoms with E-state index in [9.17, 15) is 4.39 Å². The molecule has 0 amide bonds. The normalized spacial score (nSPS) is 22.0. The van der Waals surface area contributed by atoms with Crippen molar-refractivity contribution in [2.75, 3.05) is 26.5 Å². The zero-order valence-electron chi connectivity index (χ0n) is 13.6. The molecule has 2 heterocycles. The van der Waals surface area contributed by atoms with Crippen molar-refractivity contribution < 1.29 is 18.6 Å². The quantitative estimate of drug-likeness (QED) is 0.828. The Morgan fingerprint density at radius 3 is 2.72 bits per heavy atom. The molecule has 2 aliphatic rings. The highest BCUT2D eigenvalue weighted by Gasteiger charge is 2.27. The van der Waals surface area contributed by atoms with Crippen LogP contribution in [0.5, 0.6) is 17.2 Å². The molecule has 132 valence electrons. The van der Waals surface area contributed by atoms with E-state index >= 15 is 0 Å². The van der Waals surface area contributed by atoms with E-state index in [1.807, 2.05) is 24.3 Å². The standard InChI is InChI=1S/C19H19BrFNO3/c20-16-7-18-19(25-11-24-18)8-17(16)23-10-13-9-22-6-5-15(13)12-1-3-14(21)4-2-12/h1-4,7-8,13,15,22H,5-6,9-11H2/t13-,15?/m0/s1. The average molecular weight is 408 g/mol. The Kier molecular flexibility index (Phi) is 4.81. The lowest BCUT2D eigenvalue weighted by molar-refractivity contribution is 0.173. The van der Waals surface area contributed by atoms with Crippen molar-refractivity contribution in [3.05, 3.63) is 52.3 Å². The first-order valence-corrected chi connectivity index (χ1v) is 9.18. The molecular weight excluding hydrogens is 389 g/mol. The van der Waals surface area contributed by atoms with E-state index in [0.717, 1.165) is 35.5 Å². The molecule has 0 spiro atoms. The number of fused-ring (bicyclic) bond motifs is 1. The van der Waals surface area contributed by atoms with E-state index in [1.54, 1.807) is 0 Å². The molecule has 0 radical (unpaired) electrons. The van der Waals surface area contributed by atoms with Crippen LogP contribution in [0.15, 0.2) is 40.9 Å². The van der Waals surface area contributed by atoms with Gasteiger partial charge in [-0.05, 0) is 52.5 Å². The lowest BCUT2D eigenvalue weighted by Crippen LogP contribution is -2.38. The largest absolute Gasteiger partial charge is 0.492 e. The summed E-state index contributed by atoms with van der Waals surface area (Å²) in [4.78, 5) is 0. The molecular formula is C19H19BrFNO3. The second-order valence-corrected chi connectivity index (χ2v) is 7.21. The molecule has 0 aliphatic carbocycles.